The normalized spacial score (nSPS) is 10.4. The Hall–Kier alpha value is -1.95. The van der Waals surface area contributed by atoms with E-state index in [1.807, 2.05) is 19.1 Å². The van der Waals surface area contributed by atoms with Crippen LogP contribution in [0, 0.1) is 6.92 Å². The van der Waals surface area contributed by atoms with Crippen molar-refractivity contribution in [2.24, 2.45) is 0 Å². The van der Waals surface area contributed by atoms with Crippen LogP contribution in [-0.2, 0) is 0 Å². The molecule has 88 valence electrons. The summed E-state index contributed by atoms with van der Waals surface area (Å²) in [6, 6.07) is 6.81. The average molecular weight is 248 g/mol. The number of aryl methyl sites for hydroxylation is 1. The molecule has 0 fully saturated rings. The predicted octanol–water partition coefficient (Wildman–Crippen LogP) is 1.39. The van der Waals surface area contributed by atoms with Gasteiger partial charge >= 0.3 is 0 Å². The lowest BCUT2D eigenvalue weighted by molar-refractivity contribution is 0.944. The summed E-state index contributed by atoms with van der Waals surface area (Å²) in [5, 5.41) is 0.475. The number of rotatable bonds is 2. The van der Waals surface area contributed by atoms with Gasteiger partial charge in [-0.15, -0.1) is 0 Å². The molecule has 17 heavy (non-hydrogen) atoms. The molecular formula is C11H12N4OS. The van der Waals surface area contributed by atoms with Gasteiger partial charge in [-0.1, -0.05) is 11.8 Å². The summed E-state index contributed by atoms with van der Waals surface area (Å²) in [6.07, 6.45) is 0. The number of H-pyrrole nitrogens is 1. The van der Waals surface area contributed by atoms with E-state index in [4.69, 9.17) is 11.5 Å². The second-order valence-corrected chi connectivity index (χ2v) is 4.63. The molecule has 0 radical (unpaired) electrons. The third-order valence-electron chi connectivity index (χ3n) is 2.15. The molecule has 2 rings (SSSR count). The van der Waals surface area contributed by atoms with E-state index in [0.29, 0.717) is 10.8 Å². The Morgan fingerprint density at radius 1 is 1.29 bits per heavy atom. The maximum atomic E-state index is 11.2. The van der Waals surface area contributed by atoms with E-state index in [-0.39, 0.29) is 11.4 Å². The third-order valence-corrected chi connectivity index (χ3v) is 3.21. The van der Waals surface area contributed by atoms with Gasteiger partial charge in [0.15, 0.2) is 5.16 Å². The van der Waals surface area contributed by atoms with Crippen molar-refractivity contribution in [3.05, 3.63) is 40.2 Å². The van der Waals surface area contributed by atoms with Gasteiger partial charge in [0.25, 0.3) is 5.56 Å². The van der Waals surface area contributed by atoms with E-state index in [1.165, 1.54) is 17.8 Å². The van der Waals surface area contributed by atoms with Crippen LogP contribution in [0.2, 0.25) is 0 Å². The molecule has 0 aliphatic carbocycles. The highest BCUT2D eigenvalue weighted by Crippen LogP contribution is 2.28. The Balaban J connectivity index is 2.34. The molecule has 5 nitrogen and oxygen atoms in total. The number of hydrogen-bond donors (Lipinski definition) is 3. The van der Waals surface area contributed by atoms with Crippen LogP contribution in [0.4, 0.5) is 11.5 Å². The highest BCUT2D eigenvalue weighted by Gasteiger charge is 2.04. The van der Waals surface area contributed by atoms with Gasteiger partial charge in [-0.25, -0.2) is 4.98 Å². The van der Waals surface area contributed by atoms with Crippen LogP contribution >= 0.6 is 11.8 Å². The zero-order chi connectivity index (χ0) is 12.4. The summed E-state index contributed by atoms with van der Waals surface area (Å²) >= 11 is 1.35. The van der Waals surface area contributed by atoms with E-state index >= 15 is 0 Å². The number of anilines is 2. The van der Waals surface area contributed by atoms with E-state index in [0.717, 1.165) is 10.5 Å². The second kappa shape index (κ2) is 4.50. The van der Waals surface area contributed by atoms with Gasteiger partial charge in [0.05, 0.1) is 0 Å². The van der Waals surface area contributed by atoms with Gasteiger partial charge in [-0.2, -0.15) is 0 Å². The second-order valence-electron chi connectivity index (χ2n) is 3.60. The third kappa shape index (κ3) is 2.79. The van der Waals surface area contributed by atoms with E-state index in [2.05, 4.69) is 9.97 Å². The van der Waals surface area contributed by atoms with Crippen molar-refractivity contribution in [2.75, 3.05) is 11.5 Å². The first-order valence-corrected chi connectivity index (χ1v) is 5.77. The van der Waals surface area contributed by atoms with Crippen LogP contribution in [0.15, 0.2) is 39.1 Å². The lowest BCUT2D eigenvalue weighted by Gasteiger charge is -2.05. The molecule has 0 saturated heterocycles. The Morgan fingerprint density at radius 3 is 2.71 bits per heavy atom. The minimum Gasteiger partial charge on any atom is -0.399 e. The summed E-state index contributed by atoms with van der Waals surface area (Å²) < 4.78 is 0. The molecule has 0 spiro atoms. The van der Waals surface area contributed by atoms with Crippen molar-refractivity contribution in [2.45, 2.75) is 17.0 Å². The average Bonchev–Trinajstić information content (AvgIpc) is 2.21. The number of nitrogen functional groups attached to an aromatic ring is 2. The van der Waals surface area contributed by atoms with Crippen molar-refractivity contribution in [3.8, 4) is 0 Å². The Morgan fingerprint density at radius 2 is 2.06 bits per heavy atom. The fourth-order valence-electron chi connectivity index (χ4n) is 1.39. The number of nitrogens with one attached hydrogen (secondary N) is 1. The standard InChI is InChI=1S/C11H12N4OS/c1-6-4-7(12)2-3-8(6)17-11-14-9(13)5-10(16)15-11/h2-5H,12H2,1H3,(H3,13,14,15,16). The van der Waals surface area contributed by atoms with Gasteiger partial charge in [0, 0.05) is 16.6 Å². The number of benzene rings is 1. The highest BCUT2D eigenvalue weighted by molar-refractivity contribution is 7.99. The molecule has 0 amide bonds. The lowest BCUT2D eigenvalue weighted by Crippen LogP contribution is -2.09. The fourth-order valence-corrected chi connectivity index (χ4v) is 2.26. The topological polar surface area (TPSA) is 97.8 Å². The van der Waals surface area contributed by atoms with Crippen molar-refractivity contribution < 1.29 is 0 Å². The number of aromatic nitrogens is 2. The number of hydrogen-bond acceptors (Lipinski definition) is 5. The van der Waals surface area contributed by atoms with Crippen molar-refractivity contribution in [1.82, 2.24) is 9.97 Å². The maximum absolute atomic E-state index is 11.2. The quantitative estimate of drug-likeness (QED) is 0.551. The first-order chi connectivity index (χ1) is 8.04. The molecule has 0 aliphatic rings. The molecule has 0 atom stereocenters. The molecular weight excluding hydrogens is 236 g/mol. The molecule has 0 aliphatic heterocycles. The molecule has 6 heteroatoms. The zero-order valence-corrected chi connectivity index (χ0v) is 10.0. The fraction of sp³-hybridized carbons (Fsp3) is 0.0909. The van der Waals surface area contributed by atoms with Crippen LogP contribution in [-0.4, -0.2) is 9.97 Å². The van der Waals surface area contributed by atoms with Crippen LogP contribution in [0.3, 0.4) is 0 Å². The monoisotopic (exact) mass is 248 g/mol. The number of nitrogens with two attached hydrogens (primary N) is 2. The summed E-state index contributed by atoms with van der Waals surface area (Å²) in [4.78, 5) is 18.9. The molecule has 1 aromatic carbocycles. The predicted molar refractivity (Wildman–Crippen MR) is 69.0 cm³/mol. The van der Waals surface area contributed by atoms with Gasteiger partial charge < -0.3 is 16.5 Å². The highest BCUT2D eigenvalue weighted by atomic mass is 32.2. The van der Waals surface area contributed by atoms with Crippen LogP contribution < -0.4 is 17.0 Å². The summed E-state index contributed by atoms with van der Waals surface area (Å²) in [5.74, 6) is 0.212. The number of nitrogens with zero attached hydrogens (tertiary/aromatic N) is 1. The van der Waals surface area contributed by atoms with Gasteiger partial charge in [0.1, 0.15) is 5.82 Å². The smallest absolute Gasteiger partial charge is 0.253 e. The Labute approximate surface area is 102 Å². The summed E-state index contributed by atoms with van der Waals surface area (Å²) in [6.45, 7) is 1.95. The van der Waals surface area contributed by atoms with Crippen LogP contribution in [0.25, 0.3) is 0 Å². The van der Waals surface area contributed by atoms with Gasteiger partial charge in [-0.3, -0.25) is 4.79 Å². The summed E-state index contributed by atoms with van der Waals surface area (Å²) in [7, 11) is 0. The molecule has 0 bridgehead atoms. The minimum absolute atomic E-state index is 0.212. The largest absolute Gasteiger partial charge is 0.399 e. The van der Waals surface area contributed by atoms with Crippen molar-refractivity contribution in [1.29, 1.82) is 0 Å². The first-order valence-electron chi connectivity index (χ1n) is 4.95. The Bertz CT molecular complexity index is 609. The van der Waals surface area contributed by atoms with Gasteiger partial charge in [-0.05, 0) is 30.7 Å². The SMILES string of the molecule is Cc1cc(N)ccc1Sc1nc(N)cc(=O)[nH]1. The molecule has 2 aromatic rings. The molecule has 5 N–H and O–H groups in total. The maximum Gasteiger partial charge on any atom is 0.253 e. The van der Waals surface area contributed by atoms with E-state index < -0.39 is 0 Å². The molecule has 1 aromatic heterocycles. The van der Waals surface area contributed by atoms with Crippen LogP contribution in [0.5, 0.6) is 0 Å². The Kier molecular flexibility index (Phi) is 3.06. The molecule has 0 saturated carbocycles. The van der Waals surface area contributed by atoms with E-state index in [9.17, 15) is 4.79 Å². The lowest BCUT2D eigenvalue weighted by atomic mass is 10.2. The van der Waals surface area contributed by atoms with Crippen molar-refractivity contribution >= 4 is 23.3 Å². The van der Waals surface area contributed by atoms with E-state index in [1.54, 1.807) is 6.07 Å². The van der Waals surface area contributed by atoms with Crippen molar-refractivity contribution in [3.63, 3.8) is 0 Å². The molecule has 0 unspecified atom stereocenters. The molecule has 1 heterocycles. The van der Waals surface area contributed by atoms with Gasteiger partial charge in [0.2, 0.25) is 0 Å². The zero-order valence-electron chi connectivity index (χ0n) is 9.23. The number of aromatic amines is 1. The minimum atomic E-state index is -0.256. The summed E-state index contributed by atoms with van der Waals surface area (Å²) in [5.41, 5.74) is 12.7. The first kappa shape index (κ1) is 11.5. The van der Waals surface area contributed by atoms with Crippen LogP contribution in [0.1, 0.15) is 5.56 Å².